The van der Waals surface area contributed by atoms with Gasteiger partial charge < -0.3 is 14.6 Å². The summed E-state index contributed by atoms with van der Waals surface area (Å²) in [4.78, 5) is 55.7. The van der Waals surface area contributed by atoms with Crippen LogP contribution in [0, 0.1) is 5.92 Å². The second-order valence-electron chi connectivity index (χ2n) is 15.7. The summed E-state index contributed by atoms with van der Waals surface area (Å²) in [6.45, 7) is 6.57. The fraction of sp³-hybridized carbons (Fsp3) is 0.488. The van der Waals surface area contributed by atoms with Crippen LogP contribution in [-0.2, 0) is 17.5 Å². The first kappa shape index (κ1) is 38.8. The molecule has 2 aromatic carbocycles. The molecule has 0 bridgehead atoms. The highest BCUT2D eigenvalue weighted by atomic mass is 19.4. The Bertz CT molecular complexity index is 2100. The van der Waals surface area contributed by atoms with Gasteiger partial charge in [-0.2, -0.15) is 13.2 Å². The number of piperidine rings is 1. The largest absolute Gasteiger partial charge is 0.416 e. The van der Waals surface area contributed by atoms with Gasteiger partial charge in [0.05, 0.1) is 28.5 Å². The van der Waals surface area contributed by atoms with Gasteiger partial charge in [0.25, 0.3) is 5.91 Å². The van der Waals surface area contributed by atoms with E-state index in [1.165, 1.54) is 12.1 Å². The summed E-state index contributed by atoms with van der Waals surface area (Å²) in [5.41, 5.74) is 3.36. The van der Waals surface area contributed by atoms with E-state index in [2.05, 4.69) is 36.4 Å². The number of nitrogens with one attached hydrogen (secondary N) is 2. The predicted molar refractivity (Wildman–Crippen MR) is 209 cm³/mol. The van der Waals surface area contributed by atoms with Crippen LogP contribution in [0.5, 0.6) is 0 Å². The number of carbonyl (C=O) groups is 3. The van der Waals surface area contributed by atoms with Gasteiger partial charge in [-0.05, 0) is 106 Å². The van der Waals surface area contributed by atoms with Crippen LogP contribution in [0.2, 0.25) is 0 Å². The molecule has 2 aromatic heterocycles. The Labute approximate surface area is 328 Å². The second kappa shape index (κ2) is 16.4. The molecule has 3 saturated heterocycles. The van der Waals surface area contributed by atoms with Gasteiger partial charge >= 0.3 is 12.2 Å². The molecule has 3 N–H and O–H groups in total. The number of benzene rings is 2. The van der Waals surface area contributed by atoms with Crippen LogP contribution in [0.1, 0.15) is 72.5 Å². The number of carbonyl (C=O) groups excluding carboxylic acids is 3. The van der Waals surface area contributed by atoms with Crippen molar-refractivity contribution in [1.29, 1.82) is 0 Å². The van der Waals surface area contributed by atoms with Crippen molar-refractivity contribution in [2.75, 3.05) is 67.5 Å². The van der Waals surface area contributed by atoms with Crippen LogP contribution in [0.25, 0.3) is 11.0 Å². The van der Waals surface area contributed by atoms with E-state index in [4.69, 9.17) is 4.98 Å². The zero-order chi connectivity index (χ0) is 39.7. The quantitative estimate of drug-likeness (QED) is 0.196. The molecule has 13 nitrogen and oxygen atoms in total. The van der Waals surface area contributed by atoms with E-state index in [0.29, 0.717) is 30.6 Å². The minimum Gasteiger partial charge on any atom is -0.396 e. The van der Waals surface area contributed by atoms with E-state index in [1.807, 2.05) is 22.8 Å². The smallest absolute Gasteiger partial charge is 0.396 e. The summed E-state index contributed by atoms with van der Waals surface area (Å²) in [7, 11) is 0. The first-order valence-corrected chi connectivity index (χ1v) is 19.9. The fourth-order valence-electron chi connectivity index (χ4n) is 8.95. The summed E-state index contributed by atoms with van der Waals surface area (Å²) in [5, 5.41) is 15.0. The number of imide groups is 1. The number of aliphatic hydroxyl groups excluding tert-OH is 1. The minimum atomic E-state index is -4.57. The molecule has 0 radical (unpaired) electrons. The van der Waals surface area contributed by atoms with Crippen molar-refractivity contribution in [3.63, 3.8) is 0 Å². The van der Waals surface area contributed by atoms with Gasteiger partial charge in [0, 0.05) is 81.8 Å². The van der Waals surface area contributed by atoms with E-state index in [1.54, 1.807) is 17.3 Å². The van der Waals surface area contributed by atoms with Crippen LogP contribution in [-0.4, -0.2) is 106 Å². The number of aromatic nitrogens is 3. The van der Waals surface area contributed by atoms with Gasteiger partial charge in [0.15, 0.2) is 0 Å². The Morgan fingerprint density at radius 2 is 1.67 bits per heavy atom. The fourth-order valence-corrected chi connectivity index (χ4v) is 8.95. The average molecular weight is 788 g/mol. The summed E-state index contributed by atoms with van der Waals surface area (Å²) in [6, 6.07) is 12.6. The molecule has 1 saturated carbocycles. The Morgan fingerprint density at radius 3 is 2.39 bits per heavy atom. The molecule has 3 aliphatic heterocycles. The lowest BCUT2D eigenvalue weighted by atomic mass is 9.86. The van der Waals surface area contributed by atoms with Crippen molar-refractivity contribution in [3.05, 3.63) is 77.6 Å². The molecule has 4 amide bonds. The average Bonchev–Trinajstić information content (AvgIpc) is 3.58. The highest BCUT2D eigenvalue weighted by Crippen LogP contribution is 2.38. The Kier molecular flexibility index (Phi) is 11.2. The maximum absolute atomic E-state index is 13.4. The highest BCUT2D eigenvalue weighted by molar-refractivity contribution is 6.06. The maximum atomic E-state index is 13.4. The number of anilines is 3. The number of alkyl halides is 3. The summed E-state index contributed by atoms with van der Waals surface area (Å²) < 4.78 is 42.3. The van der Waals surface area contributed by atoms with Gasteiger partial charge in [0.1, 0.15) is 0 Å². The Balaban J connectivity index is 0.912. The number of rotatable bonds is 9. The van der Waals surface area contributed by atoms with Gasteiger partial charge in [-0.25, -0.2) is 9.78 Å². The van der Waals surface area contributed by atoms with Crippen LogP contribution in [0.3, 0.4) is 0 Å². The third-order valence-corrected chi connectivity index (χ3v) is 12.2. The molecular weight excluding hydrogens is 740 g/mol. The molecule has 16 heteroatoms. The lowest BCUT2D eigenvalue weighted by molar-refractivity contribution is -0.137. The number of likely N-dealkylation sites (tertiary alicyclic amines) is 1. The van der Waals surface area contributed by atoms with Gasteiger partial charge in [-0.1, -0.05) is 6.07 Å². The molecule has 4 aromatic rings. The first-order valence-electron chi connectivity index (χ1n) is 19.9. The highest BCUT2D eigenvalue weighted by Gasteiger charge is 2.33. The number of piperazine rings is 1. The number of urea groups is 1. The third-order valence-electron chi connectivity index (χ3n) is 12.2. The molecule has 57 heavy (non-hydrogen) atoms. The SMILES string of the molecule is O=C1CCN(c2cnccc2CN2CCC(N3CCN(c4ccc5c(c4)nc(NC(=O)c4cccc(C(F)(F)F)c4)n5C4CCC(CO)CC4)CC3)CC2)C(=O)N1. The lowest BCUT2D eigenvalue weighted by Crippen LogP contribution is -2.53. The molecule has 1 aliphatic carbocycles. The molecule has 0 spiro atoms. The van der Waals surface area contributed by atoms with Gasteiger partial charge in [-0.15, -0.1) is 0 Å². The van der Waals surface area contributed by atoms with E-state index in [-0.39, 0.29) is 36.5 Å². The molecule has 8 rings (SSSR count). The molecule has 0 atom stereocenters. The predicted octanol–water partition coefficient (Wildman–Crippen LogP) is 5.66. The number of pyridine rings is 1. The van der Waals surface area contributed by atoms with Crippen LogP contribution < -0.4 is 20.4 Å². The molecule has 302 valence electrons. The maximum Gasteiger partial charge on any atom is 0.416 e. The number of imidazole rings is 1. The summed E-state index contributed by atoms with van der Waals surface area (Å²) in [6.07, 6.45) is 4.46. The van der Waals surface area contributed by atoms with E-state index < -0.39 is 23.7 Å². The second-order valence-corrected chi connectivity index (χ2v) is 15.7. The minimum absolute atomic E-state index is 0.0188. The van der Waals surface area contributed by atoms with Crippen molar-refractivity contribution >= 4 is 46.2 Å². The van der Waals surface area contributed by atoms with Crippen LogP contribution in [0.15, 0.2) is 60.9 Å². The number of nitrogens with zero attached hydrogens (tertiary/aromatic N) is 7. The van der Waals surface area contributed by atoms with E-state index in [9.17, 15) is 32.7 Å². The number of hydrogen-bond donors (Lipinski definition) is 3. The summed E-state index contributed by atoms with van der Waals surface area (Å²) in [5.74, 6) is -0.385. The number of fused-ring (bicyclic) bond motifs is 1. The van der Waals surface area contributed by atoms with Crippen LogP contribution in [0.4, 0.5) is 35.3 Å². The number of halogens is 3. The first-order chi connectivity index (χ1) is 27.5. The number of aliphatic hydroxyl groups is 1. The molecular formula is C41H48F3N9O4. The van der Waals surface area contributed by atoms with Crippen molar-refractivity contribution in [1.82, 2.24) is 29.7 Å². The van der Waals surface area contributed by atoms with E-state index >= 15 is 0 Å². The Hall–Kier alpha value is -5.06. The zero-order valence-corrected chi connectivity index (χ0v) is 31.8. The summed E-state index contributed by atoms with van der Waals surface area (Å²) >= 11 is 0. The number of hydrogen-bond acceptors (Lipinski definition) is 9. The standard InChI is InChI=1S/C41H48F3N9O4/c42-41(43,44)30-3-1-2-28(22-30)38(56)48-39-46-34-23-33(8-9-35(34)53(39)32-6-4-27(26-54)5-7-32)51-20-18-50(19-21-51)31-11-15-49(16-12-31)25-29-10-14-45-24-36(29)52-17-13-37(55)47-40(52)57/h1-3,8-10,14,22-24,27,31-32,54H,4-7,11-13,15-21,25-26H2,(H,46,48,56)(H,47,55,57). The van der Waals surface area contributed by atoms with Gasteiger partial charge in [0.2, 0.25) is 11.9 Å². The van der Waals surface area contributed by atoms with Crippen molar-refractivity contribution in [3.8, 4) is 0 Å². The van der Waals surface area contributed by atoms with Crippen LogP contribution >= 0.6 is 0 Å². The Morgan fingerprint density at radius 1 is 0.895 bits per heavy atom. The molecule has 4 fully saturated rings. The topological polar surface area (TPSA) is 139 Å². The molecule has 0 unspecified atom stereocenters. The normalized spacial score (nSPS) is 21.9. The third kappa shape index (κ3) is 8.48. The number of amides is 4. The van der Waals surface area contributed by atoms with Gasteiger partial charge in [-0.3, -0.25) is 39.9 Å². The lowest BCUT2D eigenvalue weighted by Gasteiger charge is -2.43. The molecule has 4 aliphatic rings. The van der Waals surface area contributed by atoms with Crippen molar-refractivity contribution < 1.29 is 32.7 Å². The van der Waals surface area contributed by atoms with Crippen molar-refractivity contribution in [2.45, 2.75) is 69.8 Å². The molecule has 5 heterocycles. The van der Waals surface area contributed by atoms with Crippen molar-refractivity contribution in [2.24, 2.45) is 5.92 Å². The van der Waals surface area contributed by atoms with E-state index in [0.717, 1.165) is 112 Å². The zero-order valence-electron chi connectivity index (χ0n) is 31.8. The monoisotopic (exact) mass is 787 g/mol.